The Morgan fingerprint density at radius 1 is 1.33 bits per heavy atom. The van der Waals surface area contributed by atoms with E-state index < -0.39 is 0 Å². The second-order valence-corrected chi connectivity index (χ2v) is 6.30. The predicted octanol–water partition coefficient (Wildman–Crippen LogP) is 2.91. The van der Waals surface area contributed by atoms with Crippen LogP contribution >= 0.6 is 15.9 Å². The molecule has 0 aromatic heterocycles. The molecule has 0 N–H and O–H groups in total. The van der Waals surface area contributed by atoms with E-state index in [1.807, 2.05) is 4.90 Å². The maximum absolute atomic E-state index is 11.8. The molecule has 0 radical (unpaired) electrons. The summed E-state index contributed by atoms with van der Waals surface area (Å²) >= 11 is 3.42. The molecular weight excluding hydrogens is 254 g/mol. The summed E-state index contributed by atoms with van der Waals surface area (Å²) in [6.45, 7) is 10.8. The van der Waals surface area contributed by atoms with E-state index in [-0.39, 0.29) is 10.7 Å². The zero-order valence-electron chi connectivity index (χ0n) is 10.2. The topological polar surface area (TPSA) is 20.3 Å². The number of carbonyl (C=O) groups excluding carboxylic acids is 1. The highest BCUT2D eigenvalue weighted by molar-refractivity contribution is 9.10. The van der Waals surface area contributed by atoms with Gasteiger partial charge in [-0.1, -0.05) is 43.6 Å². The third-order valence-corrected chi connectivity index (χ3v) is 4.23. The van der Waals surface area contributed by atoms with Crippen LogP contribution in [0.1, 0.15) is 34.1 Å². The Kier molecular flexibility index (Phi) is 4.63. The monoisotopic (exact) mass is 275 g/mol. The van der Waals surface area contributed by atoms with Crippen LogP contribution in [0.2, 0.25) is 0 Å². The summed E-state index contributed by atoms with van der Waals surface area (Å²) in [6.07, 6.45) is 0.960. The molecule has 0 spiro atoms. The molecule has 88 valence electrons. The number of halogens is 1. The van der Waals surface area contributed by atoms with Gasteiger partial charge in [-0.25, -0.2) is 0 Å². The van der Waals surface area contributed by atoms with Crippen LogP contribution in [0.25, 0.3) is 0 Å². The molecule has 1 aliphatic rings. The predicted molar refractivity (Wildman–Crippen MR) is 67.1 cm³/mol. The zero-order chi connectivity index (χ0) is 11.6. The molecule has 0 aliphatic carbocycles. The summed E-state index contributed by atoms with van der Waals surface area (Å²) in [5.41, 5.74) is 0. The first-order valence-electron chi connectivity index (χ1n) is 5.86. The van der Waals surface area contributed by atoms with Gasteiger partial charge in [0.05, 0.1) is 4.83 Å². The second-order valence-electron chi connectivity index (χ2n) is 5.19. The van der Waals surface area contributed by atoms with Gasteiger partial charge in [-0.2, -0.15) is 0 Å². The lowest BCUT2D eigenvalue weighted by molar-refractivity contribution is -0.128. The molecule has 1 rings (SSSR count). The summed E-state index contributed by atoms with van der Waals surface area (Å²) in [4.78, 5) is 13.9. The molecular formula is C12H22BrNO. The molecule has 0 bridgehead atoms. The zero-order valence-corrected chi connectivity index (χ0v) is 11.8. The van der Waals surface area contributed by atoms with Gasteiger partial charge in [0.25, 0.3) is 0 Å². The molecule has 1 atom stereocenters. The summed E-state index contributed by atoms with van der Waals surface area (Å²) in [5, 5.41) is 0. The maximum Gasteiger partial charge on any atom is 0.236 e. The highest BCUT2D eigenvalue weighted by Gasteiger charge is 2.32. The van der Waals surface area contributed by atoms with E-state index in [0.717, 1.165) is 19.5 Å². The number of rotatable bonds is 4. The van der Waals surface area contributed by atoms with Crippen molar-refractivity contribution in [3.8, 4) is 0 Å². The number of hydrogen-bond acceptors (Lipinski definition) is 1. The van der Waals surface area contributed by atoms with Crippen LogP contribution in [0, 0.1) is 17.8 Å². The van der Waals surface area contributed by atoms with Gasteiger partial charge >= 0.3 is 0 Å². The van der Waals surface area contributed by atoms with Gasteiger partial charge in [0.1, 0.15) is 0 Å². The van der Waals surface area contributed by atoms with E-state index >= 15 is 0 Å². The molecule has 0 aromatic rings. The van der Waals surface area contributed by atoms with Gasteiger partial charge in [-0.3, -0.25) is 4.79 Å². The first-order valence-corrected chi connectivity index (χ1v) is 6.78. The molecule has 1 unspecified atom stereocenters. The van der Waals surface area contributed by atoms with Crippen LogP contribution in [0.5, 0.6) is 0 Å². The maximum atomic E-state index is 11.8. The summed E-state index contributed by atoms with van der Waals surface area (Å²) in [5.74, 6) is 2.19. The summed E-state index contributed by atoms with van der Waals surface area (Å²) in [7, 11) is 0. The fourth-order valence-electron chi connectivity index (χ4n) is 2.33. The Hall–Kier alpha value is -0.0500. The van der Waals surface area contributed by atoms with Crippen molar-refractivity contribution < 1.29 is 4.79 Å². The largest absolute Gasteiger partial charge is 0.341 e. The highest BCUT2D eigenvalue weighted by atomic mass is 79.9. The fourth-order valence-corrected chi connectivity index (χ4v) is 2.82. The molecule has 15 heavy (non-hydrogen) atoms. The Morgan fingerprint density at radius 2 is 1.87 bits per heavy atom. The number of alkyl halides is 1. The van der Waals surface area contributed by atoms with Crippen LogP contribution < -0.4 is 0 Å². The molecule has 3 heteroatoms. The van der Waals surface area contributed by atoms with Crippen molar-refractivity contribution >= 4 is 21.8 Å². The number of carbonyl (C=O) groups is 1. The third kappa shape index (κ3) is 3.20. The van der Waals surface area contributed by atoms with Crippen molar-refractivity contribution in [2.45, 2.75) is 38.9 Å². The molecule has 2 nitrogen and oxygen atoms in total. The normalized spacial score (nSPS) is 22.5. The van der Waals surface area contributed by atoms with Crippen molar-refractivity contribution in [1.29, 1.82) is 0 Å². The van der Waals surface area contributed by atoms with Gasteiger partial charge in [0.2, 0.25) is 5.91 Å². The number of amides is 1. The smallest absolute Gasteiger partial charge is 0.236 e. The minimum atomic E-state index is 0.0671. The van der Waals surface area contributed by atoms with Crippen LogP contribution in [-0.4, -0.2) is 28.7 Å². The van der Waals surface area contributed by atoms with Gasteiger partial charge in [-0.05, 0) is 24.2 Å². The minimum absolute atomic E-state index is 0.0671. The Labute approximate surface area is 102 Å². The average Bonchev–Trinajstić information content (AvgIpc) is 2.43. The minimum Gasteiger partial charge on any atom is -0.341 e. The molecule has 1 aliphatic heterocycles. The van der Waals surface area contributed by atoms with Crippen molar-refractivity contribution in [3.63, 3.8) is 0 Å². The number of likely N-dealkylation sites (tertiary alicyclic amines) is 1. The lowest BCUT2D eigenvalue weighted by Gasteiger charge is -2.29. The van der Waals surface area contributed by atoms with Crippen LogP contribution in [-0.2, 0) is 4.79 Å². The molecule has 0 aromatic carbocycles. The fraction of sp³-hybridized carbons (Fsp3) is 0.917. The first kappa shape index (κ1) is 13.0. The second kappa shape index (κ2) is 5.33. The summed E-state index contributed by atoms with van der Waals surface area (Å²) < 4.78 is 0. The molecule has 1 heterocycles. The van der Waals surface area contributed by atoms with E-state index in [9.17, 15) is 4.79 Å². The SMILES string of the molecule is CC(C)C(CN1CCC(Br)C1=O)C(C)C. The van der Waals surface area contributed by atoms with E-state index in [2.05, 4.69) is 43.6 Å². The van der Waals surface area contributed by atoms with Crippen LogP contribution in [0.3, 0.4) is 0 Å². The van der Waals surface area contributed by atoms with Crippen LogP contribution in [0.4, 0.5) is 0 Å². The lowest BCUT2D eigenvalue weighted by atomic mass is 9.85. The van der Waals surface area contributed by atoms with Gasteiger partial charge in [0, 0.05) is 13.1 Å². The Morgan fingerprint density at radius 3 is 2.20 bits per heavy atom. The quantitative estimate of drug-likeness (QED) is 0.723. The standard InChI is InChI=1S/C12H22BrNO/c1-8(2)10(9(3)4)7-14-6-5-11(13)12(14)15/h8-11H,5-7H2,1-4H3. The van der Waals surface area contributed by atoms with E-state index in [1.165, 1.54) is 0 Å². The summed E-state index contributed by atoms with van der Waals surface area (Å²) in [6, 6.07) is 0. The molecule has 1 saturated heterocycles. The van der Waals surface area contributed by atoms with E-state index in [0.29, 0.717) is 17.8 Å². The number of nitrogens with zero attached hydrogens (tertiary/aromatic N) is 1. The highest BCUT2D eigenvalue weighted by Crippen LogP contribution is 2.25. The molecule has 1 amide bonds. The lowest BCUT2D eigenvalue weighted by Crippen LogP contribution is -2.36. The van der Waals surface area contributed by atoms with Gasteiger partial charge in [0.15, 0.2) is 0 Å². The Bertz CT molecular complexity index is 220. The van der Waals surface area contributed by atoms with Crippen molar-refractivity contribution in [3.05, 3.63) is 0 Å². The van der Waals surface area contributed by atoms with Crippen molar-refractivity contribution in [2.75, 3.05) is 13.1 Å². The first-order chi connectivity index (χ1) is 6.93. The van der Waals surface area contributed by atoms with Crippen molar-refractivity contribution in [2.24, 2.45) is 17.8 Å². The molecule has 0 saturated carbocycles. The van der Waals surface area contributed by atoms with Crippen LogP contribution in [0.15, 0.2) is 0 Å². The van der Waals surface area contributed by atoms with Crippen molar-refractivity contribution in [1.82, 2.24) is 4.90 Å². The van der Waals surface area contributed by atoms with Gasteiger partial charge < -0.3 is 4.90 Å². The molecule has 1 fully saturated rings. The van der Waals surface area contributed by atoms with E-state index in [1.54, 1.807) is 0 Å². The third-order valence-electron chi connectivity index (χ3n) is 3.38. The van der Waals surface area contributed by atoms with Gasteiger partial charge in [-0.15, -0.1) is 0 Å². The average molecular weight is 276 g/mol. The Balaban J connectivity index is 2.56. The van der Waals surface area contributed by atoms with E-state index in [4.69, 9.17) is 0 Å². The number of hydrogen-bond donors (Lipinski definition) is 0.